The number of carbonyl (C=O) groups is 1. The summed E-state index contributed by atoms with van der Waals surface area (Å²) in [7, 11) is 1.60. The predicted octanol–water partition coefficient (Wildman–Crippen LogP) is 3.41. The van der Waals surface area contributed by atoms with Crippen molar-refractivity contribution in [2.75, 3.05) is 26.1 Å². The normalized spacial score (nSPS) is 11.5. The number of halogens is 2. The maximum atomic E-state index is 11.9. The van der Waals surface area contributed by atoms with E-state index in [0.717, 1.165) is 11.3 Å². The molecule has 19 heavy (non-hydrogen) atoms. The van der Waals surface area contributed by atoms with Gasteiger partial charge in [0.1, 0.15) is 5.88 Å². The summed E-state index contributed by atoms with van der Waals surface area (Å²) < 4.78 is 5.03. The van der Waals surface area contributed by atoms with Crippen LogP contribution < -0.4 is 0 Å². The third-order valence-electron chi connectivity index (χ3n) is 2.64. The van der Waals surface area contributed by atoms with E-state index in [1.54, 1.807) is 24.1 Å². The van der Waals surface area contributed by atoms with Gasteiger partial charge in [-0.05, 0) is 24.6 Å². The molecular formula is C14H17Cl2NO2. The van der Waals surface area contributed by atoms with Gasteiger partial charge in [0.25, 0.3) is 0 Å². The van der Waals surface area contributed by atoms with E-state index in [0.29, 0.717) is 18.2 Å². The number of benzene rings is 1. The molecule has 0 radical (unpaired) electrons. The topological polar surface area (TPSA) is 29.5 Å². The fourth-order valence-corrected chi connectivity index (χ4v) is 2.00. The second-order valence-electron chi connectivity index (χ2n) is 3.85. The lowest BCUT2D eigenvalue weighted by Crippen LogP contribution is -2.33. The molecule has 1 aromatic carbocycles. The molecule has 0 saturated carbocycles. The summed E-state index contributed by atoms with van der Waals surface area (Å²) in [4.78, 5) is 13.6. The molecule has 0 aliphatic heterocycles. The first-order valence-corrected chi connectivity index (χ1v) is 6.82. The largest absolute Gasteiger partial charge is 0.383 e. The van der Waals surface area contributed by atoms with Gasteiger partial charge in [0.05, 0.1) is 6.61 Å². The Bertz CT molecular complexity index is 443. The summed E-state index contributed by atoms with van der Waals surface area (Å²) >= 11 is 11.5. The molecule has 0 aliphatic rings. The Balaban J connectivity index is 3.02. The Kier molecular flexibility index (Phi) is 6.92. The van der Waals surface area contributed by atoms with Crippen molar-refractivity contribution in [3.05, 3.63) is 40.9 Å². The van der Waals surface area contributed by atoms with Crippen LogP contribution >= 0.6 is 23.2 Å². The molecule has 0 saturated heterocycles. The third-order valence-corrected chi connectivity index (χ3v) is 3.12. The number of nitrogens with zero attached hydrogens (tertiary/aromatic N) is 1. The van der Waals surface area contributed by atoms with Crippen molar-refractivity contribution in [1.29, 1.82) is 0 Å². The fraction of sp³-hybridized carbons (Fsp3) is 0.357. The van der Waals surface area contributed by atoms with Crippen LogP contribution in [-0.4, -0.2) is 36.9 Å². The van der Waals surface area contributed by atoms with E-state index in [1.807, 2.05) is 25.1 Å². The van der Waals surface area contributed by atoms with Crippen LogP contribution in [0.25, 0.3) is 5.70 Å². The molecule has 0 spiro atoms. The van der Waals surface area contributed by atoms with Gasteiger partial charge in [-0.25, -0.2) is 0 Å². The molecule has 0 fully saturated rings. The minimum absolute atomic E-state index is 0.0609. The number of hydrogen-bond acceptors (Lipinski definition) is 2. The van der Waals surface area contributed by atoms with E-state index in [4.69, 9.17) is 27.9 Å². The Morgan fingerprint density at radius 1 is 1.37 bits per heavy atom. The van der Waals surface area contributed by atoms with Gasteiger partial charge in [-0.2, -0.15) is 0 Å². The van der Waals surface area contributed by atoms with E-state index in [2.05, 4.69) is 0 Å². The summed E-state index contributed by atoms with van der Waals surface area (Å²) in [6.45, 7) is 2.79. The van der Waals surface area contributed by atoms with Crippen molar-refractivity contribution in [2.24, 2.45) is 0 Å². The third kappa shape index (κ3) is 4.53. The predicted molar refractivity (Wildman–Crippen MR) is 79.4 cm³/mol. The Labute approximate surface area is 123 Å². The molecule has 104 valence electrons. The SMILES string of the molecule is C/C=C(/c1ccc(Cl)cc1)N(CCOC)C(=O)CCl. The highest BCUT2D eigenvalue weighted by Gasteiger charge is 2.17. The molecule has 5 heteroatoms. The van der Waals surface area contributed by atoms with Crippen LogP contribution in [0.15, 0.2) is 30.3 Å². The first-order chi connectivity index (χ1) is 9.13. The van der Waals surface area contributed by atoms with E-state index in [-0.39, 0.29) is 11.8 Å². The highest BCUT2D eigenvalue weighted by molar-refractivity contribution is 6.30. The lowest BCUT2D eigenvalue weighted by molar-refractivity contribution is -0.125. The van der Waals surface area contributed by atoms with E-state index in [9.17, 15) is 4.79 Å². The van der Waals surface area contributed by atoms with Crippen LogP contribution in [0, 0.1) is 0 Å². The first-order valence-electron chi connectivity index (χ1n) is 5.91. The number of hydrogen-bond donors (Lipinski definition) is 0. The van der Waals surface area contributed by atoms with E-state index < -0.39 is 0 Å². The lowest BCUT2D eigenvalue weighted by atomic mass is 10.1. The van der Waals surface area contributed by atoms with E-state index >= 15 is 0 Å². The van der Waals surface area contributed by atoms with Crippen LogP contribution in [0.2, 0.25) is 5.02 Å². The summed E-state index contributed by atoms with van der Waals surface area (Å²) in [5.41, 5.74) is 1.72. The van der Waals surface area contributed by atoms with Crippen LogP contribution in [-0.2, 0) is 9.53 Å². The lowest BCUT2D eigenvalue weighted by Gasteiger charge is -2.25. The summed E-state index contributed by atoms with van der Waals surface area (Å²) in [6, 6.07) is 7.33. The second-order valence-corrected chi connectivity index (χ2v) is 4.56. The van der Waals surface area contributed by atoms with Crippen molar-refractivity contribution in [1.82, 2.24) is 4.90 Å². The van der Waals surface area contributed by atoms with Gasteiger partial charge in [-0.1, -0.05) is 29.8 Å². The molecule has 1 amide bonds. The molecule has 0 unspecified atom stereocenters. The molecule has 0 heterocycles. The highest BCUT2D eigenvalue weighted by atomic mass is 35.5. The quantitative estimate of drug-likeness (QED) is 0.754. The van der Waals surface area contributed by atoms with Crippen molar-refractivity contribution < 1.29 is 9.53 Å². The highest BCUT2D eigenvalue weighted by Crippen LogP contribution is 2.21. The minimum atomic E-state index is -0.151. The second kappa shape index (κ2) is 8.20. The van der Waals surface area contributed by atoms with Crippen LogP contribution in [0.1, 0.15) is 12.5 Å². The van der Waals surface area contributed by atoms with Crippen molar-refractivity contribution >= 4 is 34.8 Å². The van der Waals surface area contributed by atoms with Gasteiger partial charge in [-0.15, -0.1) is 11.6 Å². The molecule has 1 rings (SSSR count). The summed E-state index contributed by atoms with van der Waals surface area (Å²) in [5, 5.41) is 0.659. The van der Waals surface area contributed by atoms with Crippen LogP contribution in [0.3, 0.4) is 0 Å². The molecule has 3 nitrogen and oxygen atoms in total. The van der Waals surface area contributed by atoms with Crippen LogP contribution in [0.4, 0.5) is 0 Å². The van der Waals surface area contributed by atoms with Crippen LogP contribution in [0.5, 0.6) is 0 Å². The summed E-state index contributed by atoms with van der Waals surface area (Å²) in [5.74, 6) is -0.212. The van der Waals surface area contributed by atoms with Crippen molar-refractivity contribution in [3.8, 4) is 0 Å². The first kappa shape index (κ1) is 16.0. The Hall–Kier alpha value is -1.03. The molecule has 0 atom stereocenters. The van der Waals surface area contributed by atoms with Gasteiger partial charge in [-0.3, -0.25) is 4.79 Å². The van der Waals surface area contributed by atoms with Crippen molar-refractivity contribution in [3.63, 3.8) is 0 Å². The molecule has 0 bridgehead atoms. The monoisotopic (exact) mass is 301 g/mol. The summed E-state index contributed by atoms with van der Waals surface area (Å²) in [6.07, 6.45) is 1.88. The zero-order chi connectivity index (χ0) is 14.3. The Morgan fingerprint density at radius 3 is 2.47 bits per heavy atom. The number of carbonyl (C=O) groups excluding carboxylic acids is 1. The number of rotatable bonds is 6. The van der Waals surface area contributed by atoms with Gasteiger partial charge in [0, 0.05) is 24.4 Å². The zero-order valence-electron chi connectivity index (χ0n) is 11.0. The number of amides is 1. The molecule has 1 aromatic rings. The van der Waals surface area contributed by atoms with Gasteiger partial charge in [0.2, 0.25) is 5.91 Å². The molecule has 0 aliphatic carbocycles. The number of ether oxygens (including phenoxy) is 1. The number of alkyl halides is 1. The van der Waals surface area contributed by atoms with Gasteiger partial charge in [0.15, 0.2) is 0 Å². The standard InChI is InChI=1S/C14H17Cl2NO2/c1-3-13(11-4-6-12(16)7-5-11)17(8-9-19-2)14(18)10-15/h3-7H,8-10H2,1-2H3/b13-3-. The number of methoxy groups -OCH3 is 1. The average Bonchev–Trinajstić information content (AvgIpc) is 2.44. The zero-order valence-corrected chi connectivity index (χ0v) is 12.5. The maximum absolute atomic E-state index is 11.9. The van der Waals surface area contributed by atoms with Crippen molar-refractivity contribution in [2.45, 2.75) is 6.92 Å². The maximum Gasteiger partial charge on any atom is 0.241 e. The Morgan fingerprint density at radius 2 is 2.00 bits per heavy atom. The molecule has 0 aromatic heterocycles. The van der Waals surface area contributed by atoms with Gasteiger partial charge >= 0.3 is 0 Å². The number of allylic oxidation sites excluding steroid dienone is 1. The smallest absolute Gasteiger partial charge is 0.241 e. The average molecular weight is 302 g/mol. The van der Waals surface area contributed by atoms with Gasteiger partial charge < -0.3 is 9.64 Å². The van der Waals surface area contributed by atoms with E-state index in [1.165, 1.54) is 0 Å². The fourth-order valence-electron chi connectivity index (χ4n) is 1.73. The molecule has 0 N–H and O–H groups in total. The minimum Gasteiger partial charge on any atom is -0.383 e. The molecular weight excluding hydrogens is 285 g/mol.